The Balaban J connectivity index is 2.62. The van der Waals surface area contributed by atoms with Crippen molar-refractivity contribution < 1.29 is 4.79 Å². The van der Waals surface area contributed by atoms with Crippen molar-refractivity contribution in [3.8, 4) is 0 Å². The fraction of sp³-hybridized carbons (Fsp3) is 0.214. The molecule has 1 aromatic heterocycles. The zero-order valence-electron chi connectivity index (χ0n) is 11.7. The van der Waals surface area contributed by atoms with Crippen molar-refractivity contribution in [1.82, 2.24) is 9.97 Å². The summed E-state index contributed by atoms with van der Waals surface area (Å²) in [6.45, 7) is 6.14. The number of hydrogen-bond acceptors (Lipinski definition) is 4. The fourth-order valence-electron chi connectivity index (χ4n) is 1.97. The summed E-state index contributed by atoms with van der Waals surface area (Å²) in [5.41, 5.74) is 6.33. The molecule has 0 spiro atoms. The Morgan fingerprint density at radius 3 is 2.35 bits per heavy atom. The SMILES string of the molecule is C[Si](C)(C)c1[nH]c(=O)nc(C(=O)c2ccccc2)c1N. The molecule has 5 nitrogen and oxygen atoms in total. The van der Waals surface area contributed by atoms with E-state index in [9.17, 15) is 9.59 Å². The Bertz CT molecular complexity index is 703. The monoisotopic (exact) mass is 287 g/mol. The van der Waals surface area contributed by atoms with Crippen molar-refractivity contribution in [2.24, 2.45) is 0 Å². The van der Waals surface area contributed by atoms with E-state index < -0.39 is 13.8 Å². The lowest BCUT2D eigenvalue weighted by Crippen LogP contribution is -2.46. The van der Waals surface area contributed by atoms with E-state index in [1.807, 2.05) is 25.7 Å². The van der Waals surface area contributed by atoms with Crippen LogP contribution in [-0.2, 0) is 0 Å². The van der Waals surface area contributed by atoms with Crippen molar-refractivity contribution in [2.75, 3.05) is 5.73 Å². The minimum Gasteiger partial charge on any atom is -0.396 e. The van der Waals surface area contributed by atoms with Gasteiger partial charge in [0.2, 0.25) is 5.78 Å². The number of hydrogen-bond donors (Lipinski definition) is 2. The molecule has 1 heterocycles. The second-order valence-corrected chi connectivity index (χ2v) is 10.6. The molecule has 104 valence electrons. The van der Waals surface area contributed by atoms with E-state index in [1.54, 1.807) is 24.3 Å². The van der Waals surface area contributed by atoms with E-state index >= 15 is 0 Å². The number of H-pyrrole nitrogens is 1. The minimum atomic E-state index is -1.86. The lowest BCUT2D eigenvalue weighted by Gasteiger charge is -2.19. The van der Waals surface area contributed by atoms with Crippen LogP contribution in [0.2, 0.25) is 19.6 Å². The zero-order chi connectivity index (χ0) is 14.9. The largest absolute Gasteiger partial charge is 0.396 e. The number of carbonyl (C=O) groups is 1. The highest BCUT2D eigenvalue weighted by atomic mass is 28.3. The number of benzene rings is 1. The third-order valence-corrected chi connectivity index (χ3v) is 4.87. The molecule has 0 atom stereocenters. The molecule has 0 bridgehead atoms. The maximum atomic E-state index is 12.4. The van der Waals surface area contributed by atoms with Gasteiger partial charge in [0.05, 0.1) is 5.69 Å². The quantitative estimate of drug-likeness (QED) is 0.654. The highest BCUT2D eigenvalue weighted by Gasteiger charge is 2.26. The molecule has 20 heavy (non-hydrogen) atoms. The summed E-state index contributed by atoms with van der Waals surface area (Å²) in [7, 11) is -1.86. The van der Waals surface area contributed by atoms with Gasteiger partial charge in [-0.15, -0.1) is 0 Å². The van der Waals surface area contributed by atoms with Crippen LogP contribution in [-0.4, -0.2) is 23.8 Å². The predicted octanol–water partition coefficient (Wildman–Crippen LogP) is 1.13. The number of nitrogen functional groups attached to an aromatic ring is 1. The van der Waals surface area contributed by atoms with E-state index in [0.717, 1.165) is 0 Å². The molecule has 0 aliphatic rings. The van der Waals surface area contributed by atoms with Gasteiger partial charge >= 0.3 is 5.69 Å². The van der Waals surface area contributed by atoms with Crippen LogP contribution >= 0.6 is 0 Å². The van der Waals surface area contributed by atoms with Gasteiger partial charge in [0.1, 0.15) is 13.8 Å². The van der Waals surface area contributed by atoms with Gasteiger partial charge in [0, 0.05) is 10.9 Å². The molecule has 0 saturated carbocycles. The summed E-state index contributed by atoms with van der Waals surface area (Å²) in [5, 5.41) is 0.664. The third-order valence-electron chi connectivity index (χ3n) is 2.97. The first kappa shape index (κ1) is 14.2. The van der Waals surface area contributed by atoms with Gasteiger partial charge in [-0.3, -0.25) is 4.79 Å². The molecule has 1 aromatic carbocycles. The van der Waals surface area contributed by atoms with Crippen LogP contribution in [0.25, 0.3) is 0 Å². The molecule has 6 heteroatoms. The molecule has 0 fully saturated rings. The fourth-order valence-corrected chi connectivity index (χ4v) is 3.38. The second kappa shape index (κ2) is 5.05. The van der Waals surface area contributed by atoms with Crippen LogP contribution in [0, 0.1) is 0 Å². The number of ketones is 1. The molecule has 0 aliphatic carbocycles. The average Bonchev–Trinajstić information content (AvgIpc) is 2.40. The Hall–Kier alpha value is -2.21. The van der Waals surface area contributed by atoms with Crippen LogP contribution in [0.15, 0.2) is 35.1 Å². The van der Waals surface area contributed by atoms with Crippen molar-refractivity contribution in [2.45, 2.75) is 19.6 Å². The van der Waals surface area contributed by atoms with Crippen LogP contribution < -0.4 is 16.7 Å². The topological polar surface area (TPSA) is 88.8 Å². The number of aromatic amines is 1. The van der Waals surface area contributed by atoms with Crippen molar-refractivity contribution >= 4 is 24.9 Å². The molecular formula is C14H17N3O2Si. The summed E-state index contributed by atoms with van der Waals surface area (Å²) in [4.78, 5) is 30.6. The van der Waals surface area contributed by atoms with Gasteiger partial charge < -0.3 is 10.7 Å². The maximum Gasteiger partial charge on any atom is 0.345 e. The first-order valence-electron chi connectivity index (χ1n) is 6.30. The Labute approximate surface area is 117 Å². The number of rotatable bonds is 3. The summed E-state index contributed by atoms with van der Waals surface area (Å²) in [5.74, 6) is -0.325. The van der Waals surface area contributed by atoms with Crippen LogP contribution in [0.5, 0.6) is 0 Å². The van der Waals surface area contributed by atoms with Gasteiger partial charge in [-0.2, -0.15) is 4.98 Å². The number of nitrogens with two attached hydrogens (primary N) is 1. The summed E-state index contributed by atoms with van der Waals surface area (Å²) in [6, 6.07) is 8.70. The van der Waals surface area contributed by atoms with Crippen LogP contribution in [0.4, 0.5) is 5.69 Å². The molecule has 0 unspecified atom stereocenters. The Morgan fingerprint density at radius 2 is 1.80 bits per heavy atom. The molecule has 2 aromatic rings. The summed E-state index contributed by atoms with van der Waals surface area (Å²) < 4.78 is 0. The predicted molar refractivity (Wildman–Crippen MR) is 82.1 cm³/mol. The normalized spacial score (nSPS) is 11.3. The van der Waals surface area contributed by atoms with Crippen molar-refractivity contribution in [1.29, 1.82) is 0 Å². The zero-order valence-corrected chi connectivity index (χ0v) is 12.7. The molecular weight excluding hydrogens is 270 g/mol. The van der Waals surface area contributed by atoms with Crippen LogP contribution in [0.1, 0.15) is 16.1 Å². The standard InChI is InChI=1S/C14H17N3O2Si/c1-20(2,3)13-10(15)11(16-14(19)17-13)12(18)9-7-5-4-6-8-9/h4-8H,15H2,1-3H3,(H,16,17,19). The number of anilines is 1. The molecule has 0 amide bonds. The number of nitrogens with zero attached hydrogens (tertiary/aromatic N) is 1. The third kappa shape index (κ3) is 2.70. The summed E-state index contributed by atoms with van der Waals surface area (Å²) in [6.07, 6.45) is 0. The maximum absolute atomic E-state index is 12.4. The average molecular weight is 287 g/mol. The van der Waals surface area contributed by atoms with E-state index in [2.05, 4.69) is 9.97 Å². The van der Waals surface area contributed by atoms with E-state index in [0.29, 0.717) is 10.9 Å². The lowest BCUT2D eigenvalue weighted by molar-refractivity contribution is 0.103. The van der Waals surface area contributed by atoms with Gasteiger partial charge in [0.25, 0.3) is 0 Å². The molecule has 0 radical (unpaired) electrons. The molecule has 3 N–H and O–H groups in total. The van der Waals surface area contributed by atoms with Gasteiger partial charge in [-0.25, -0.2) is 4.79 Å². The summed E-state index contributed by atoms with van der Waals surface area (Å²) >= 11 is 0. The van der Waals surface area contributed by atoms with E-state index in [1.165, 1.54) is 0 Å². The first-order chi connectivity index (χ1) is 9.30. The van der Waals surface area contributed by atoms with E-state index in [4.69, 9.17) is 5.73 Å². The Morgan fingerprint density at radius 1 is 1.20 bits per heavy atom. The number of carbonyl (C=O) groups excluding carboxylic acids is 1. The van der Waals surface area contributed by atoms with Gasteiger partial charge in [-0.1, -0.05) is 50.0 Å². The van der Waals surface area contributed by atoms with Gasteiger partial charge in [-0.05, 0) is 0 Å². The lowest BCUT2D eigenvalue weighted by atomic mass is 10.1. The first-order valence-corrected chi connectivity index (χ1v) is 9.80. The minimum absolute atomic E-state index is 0.0392. The highest BCUT2D eigenvalue weighted by molar-refractivity contribution is 6.89. The van der Waals surface area contributed by atoms with Crippen molar-refractivity contribution in [3.63, 3.8) is 0 Å². The second-order valence-electron chi connectivity index (χ2n) is 5.62. The highest BCUT2D eigenvalue weighted by Crippen LogP contribution is 2.13. The van der Waals surface area contributed by atoms with Crippen molar-refractivity contribution in [3.05, 3.63) is 52.1 Å². The number of nitrogens with one attached hydrogen (secondary N) is 1. The molecule has 0 saturated heterocycles. The smallest absolute Gasteiger partial charge is 0.345 e. The van der Waals surface area contributed by atoms with Gasteiger partial charge in [0.15, 0.2) is 0 Å². The van der Waals surface area contributed by atoms with E-state index in [-0.39, 0.29) is 17.2 Å². The number of aromatic nitrogens is 2. The van der Waals surface area contributed by atoms with Crippen LogP contribution in [0.3, 0.4) is 0 Å². The molecule has 2 rings (SSSR count). The molecule has 0 aliphatic heterocycles. The Kier molecular flexibility index (Phi) is 3.58.